The van der Waals surface area contributed by atoms with Gasteiger partial charge in [0.25, 0.3) is 5.91 Å². The fourth-order valence-electron chi connectivity index (χ4n) is 3.55. The fourth-order valence-corrected chi connectivity index (χ4v) is 3.55. The Balaban J connectivity index is 1.68. The van der Waals surface area contributed by atoms with Crippen molar-refractivity contribution in [1.82, 2.24) is 14.8 Å². The number of anilines is 1. The molecule has 23 heavy (non-hydrogen) atoms. The van der Waals surface area contributed by atoms with Crippen molar-refractivity contribution in [2.24, 2.45) is 0 Å². The number of aromatic nitrogens is 1. The quantitative estimate of drug-likeness (QED) is 0.835. The van der Waals surface area contributed by atoms with Crippen molar-refractivity contribution in [3.63, 3.8) is 0 Å². The zero-order chi connectivity index (χ0) is 16.4. The molecule has 6 nitrogen and oxygen atoms in total. The lowest BCUT2D eigenvalue weighted by atomic mass is 10.1. The molecular weight excluding hydrogens is 292 g/mol. The standard InChI is InChI=1S/C17H26N4O2/c1-13-15(20-8-10-23-11-9-20)6-7-21(13)17(22)14-4-5-16(18-12-14)19(2)3/h4-5,12-13,15H,6-11H2,1-3H3/t13-,15-/m1/s1. The van der Waals surface area contributed by atoms with Gasteiger partial charge in [-0.3, -0.25) is 9.69 Å². The molecule has 2 atom stereocenters. The molecule has 0 bridgehead atoms. The third kappa shape index (κ3) is 3.33. The van der Waals surface area contributed by atoms with Crippen LogP contribution in [0.2, 0.25) is 0 Å². The van der Waals surface area contributed by atoms with Crippen molar-refractivity contribution in [2.45, 2.75) is 25.4 Å². The van der Waals surface area contributed by atoms with Crippen molar-refractivity contribution in [3.8, 4) is 0 Å². The van der Waals surface area contributed by atoms with Gasteiger partial charge in [-0.05, 0) is 25.5 Å². The summed E-state index contributed by atoms with van der Waals surface area (Å²) in [7, 11) is 3.89. The largest absolute Gasteiger partial charge is 0.379 e. The number of nitrogens with zero attached hydrogens (tertiary/aromatic N) is 4. The van der Waals surface area contributed by atoms with Crippen LogP contribution in [-0.4, -0.2) is 79.7 Å². The van der Waals surface area contributed by atoms with Gasteiger partial charge in [-0.1, -0.05) is 0 Å². The summed E-state index contributed by atoms with van der Waals surface area (Å²) in [6.07, 6.45) is 2.72. The average Bonchev–Trinajstić information content (AvgIpc) is 2.96. The zero-order valence-electron chi connectivity index (χ0n) is 14.2. The third-order valence-corrected chi connectivity index (χ3v) is 4.94. The minimum absolute atomic E-state index is 0.0889. The van der Waals surface area contributed by atoms with Crippen LogP contribution in [0.4, 0.5) is 5.82 Å². The maximum absolute atomic E-state index is 12.8. The maximum Gasteiger partial charge on any atom is 0.255 e. The molecule has 0 aliphatic carbocycles. The first-order valence-corrected chi connectivity index (χ1v) is 8.34. The van der Waals surface area contributed by atoms with Gasteiger partial charge in [0.05, 0.1) is 18.8 Å². The van der Waals surface area contributed by atoms with Gasteiger partial charge in [-0.2, -0.15) is 0 Å². The predicted octanol–water partition coefficient (Wildman–Crippen LogP) is 1.08. The summed E-state index contributed by atoms with van der Waals surface area (Å²) < 4.78 is 5.43. The lowest BCUT2D eigenvalue weighted by Crippen LogP contribution is -2.49. The van der Waals surface area contributed by atoms with E-state index in [0.29, 0.717) is 11.6 Å². The monoisotopic (exact) mass is 318 g/mol. The van der Waals surface area contributed by atoms with Crippen LogP contribution in [0.1, 0.15) is 23.7 Å². The van der Waals surface area contributed by atoms with Crippen LogP contribution in [0.5, 0.6) is 0 Å². The molecule has 6 heteroatoms. The van der Waals surface area contributed by atoms with E-state index < -0.39 is 0 Å². The summed E-state index contributed by atoms with van der Waals surface area (Å²) in [5.41, 5.74) is 0.671. The van der Waals surface area contributed by atoms with Crippen LogP contribution in [0, 0.1) is 0 Å². The highest BCUT2D eigenvalue weighted by Gasteiger charge is 2.37. The Labute approximate surface area is 138 Å². The fraction of sp³-hybridized carbons (Fsp3) is 0.647. The van der Waals surface area contributed by atoms with E-state index in [2.05, 4.69) is 16.8 Å². The Morgan fingerprint density at radius 3 is 2.61 bits per heavy atom. The third-order valence-electron chi connectivity index (χ3n) is 4.94. The Kier molecular flexibility index (Phi) is 4.82. The maximum atomic E-state index is 12.8. The number of likely N-dealkylation sites (tertiary alicyclic amines) is 1. The van der Waals surface area contributed by atoms with Gasteiger partial charge in [0.2, 0.25) is 0 Å². The topological polar surface area (TPSA) is 48.9 Å². The second kappa shape index (κ2) is 6.84. The van der Waals surface area contributed by atoms with Crippen molar-refractivity contribution >= 4 is 11.7 Å². The first-order chi connectivity index (χ1) is 11.1. The van der Waals surface area contributed by atoms with Crippen molar-refractivity contribution in [1.29, 1.82) is 0 Å². The molecule has 1 aromatic rings. The van der Waals surface area contributed by atoms with Gasteiger partial charge >= 0.3 is 0 Å². The molecular formula is C17H26N4O2. The average molecular weight is 318 g/mol. The Hall–Kier alpha value is -1.66. The molecule has 2 fully saturated rings. The molecule has 0 radical (unpaired) electrons. The molecule has 2 aliphatic heterocycles. The van der Waals surface area contributed by atoms with E-state index in [1.807, 2.05) is 36.0 Å². The van der Waals surface area contributed by atoms with E-state index in [4.69, 9.17) is 4.74 Å². The van der Waals surface area contributed by atoms with Crippen LogP contribution in [0.3, 0.4) is 0 Å². The van der Waals surface area contributed by atoms with E-state index in [-0.39, 0.29) is 11.9 Å². The van der Waals surface area contributed by atoms with Crippen LogP contribution in [-0.2, 0) is 4.74 Å². The molecule has 0 spiro atoms. The molecule has 0 unspecified atom stereocenters. The van der Waals surface area contributed by atoms with Crippen molar-refractivity contribution < 1.29 is 9.53 Å². The highest BCUT2D eigenvalue weighted by Crippen LogP contribution is 2.25. The summed E-state index contributed by atoms with van der Waals surface area (Å²) >= 11 is 0. The lowest BCUT2D eigenvalue weighted by Gasteiger charge is -2.35. The molecule has 1 amide bonds. The first kappa shape index (κ1) is 16.2. The molecule has 0 saturated carbocycles. The Morgan fingerprint density at radius 2 is 2.00 bits per heavy atom. The molecule has 3 heterocycles. The van der Waals surface area contributed by atoms with Gasteiger partial charge in [0.1, 0.15) is 5.82 Å². The predicted molar refractivity (Wildman–Crippen MR) is 89.9 cm³/mol. The summed E-state index contributed by atoms with van der Waals surface area (Å²) in [4.78, 5) is 23.5. The summed E-state index contributed by atoms with van der Waals surface area (Å²) in [6, 6.07) is 4.44. The van der Waals surface area contributed by atoms with Gasteiger partial charge in [-0.15, -0.1) is 0 Å². The number of carbonyl (C=O) groups is 1. The number of amides is 1. The number of carbonyl (C=O) groups excluding carboxylic acids is 1. The number of pyridine rings is 1. The van der Waals surface area contributed by atoms with Crippen LogP contribution < -0.4 is 4.90 Å². The molecule has 2 saturated heterocycles. The second-order valence-corrected chi connectivity index (χ2v) is 6.54. The minimum Gasteiger partial charge on any atom is -0.379 e. The smallest absolute Gasteiger partial charge is 0.255 e. The minimum atomic E-state index is 0.0889. The van der Waals surface area contributed by atoms with Crippen molar-refractivity contribution in [2.75, 3.05) is 51.8 Å². The van der Waals surface area contributed by atoms with E-state index in [0.717, 1.165) is 45.1 Å². The zero-order valence-corrected chi connectivity index (χ0v) is 14.2. The molecule has 2 aliphatic rings. The number of rotatable bonds is 3. The molecule has 126 valence electrons. The van der Waals surface area contributed by atoms with Gasteiger partial charge in [-0.25, -0.2) is 4.98 Å². The number of ether oxygens (including phenoxy) is 1. The van der Waals surface area contributed by atoms with Gasteiger partial charge < -0.3 is 14.5 Å². The van der Waals surface area contributed by atoms with E-state index in [1.165, 1.54) is 0 Å². The van der Waals surface area contributed by atoms with Crippen LogP contribution in [0.25, 0.3) is 0 Å². The summed E-state index contributed by atoms with van der Waals surface area (Å²) in [5.74, 6) is 0.952. The normalized spacial score (nSPS) is 25.6. The SMILES string of the molecule is C[C@@H]1[C@H](N2CCOCC2)CCN1C(=O)c1ccc(N(C)C)nc1. The van der Waals surface area contributed by atoms with Gasteiger partial charge in [0, 0.05) is 52.0 Å². The highest BCUT2D eigenvalue weighted by atomic mass is 16.5. The summed E-state index contributed by atoms with van der Waals surface area (Å²) in [6.45, 7) is 6.51. The molecule has 0 N–H and O–H groups in total. The van der Waals surface area contributed by atoms with E-state index >= 15 is 0 Å². The lowest BCUT2D eigenvalue weighted by molar-refractivity contribution is 0.0104. The Morgan fingerprint density at radius 1 is 1.26 bits per heavy atom. The first-order valence-electron chi connectivity index (χ1n) is 8.34. The van der Waals surface area contributed by atoms with Crippen LogP contribution in [0.15, 0.2) is 18.3 Å². The molecule has 3 rings (SSSR count). The number of hydrogen-bond donors (Lipinski definition) is 0. The molecule has 0 aromatic carbocycles. The number of hydrogen-bond acceptors (Lipinski definition) is 5. The second-order valence-electron chi connectivity index (χ2n) is 6.54. The van der Waals surface area contributed by atoms with E-state index in [9.17, 15) is 4.79 Å². The van der Waals surface area contributed by atoms with E-state index in [1.54, 1.807) is 6.20 Å². The van der Waals surface area contributed by atoms with Crippen LogP contribution >= 0.6 is 0 Å². The molecule has 1 aromatic heterocycles. The Bertz CT molecular complexity index is 540. The van der Waals surface area contributed by atoms with Gasteiger partial charge in [0.15, 0.2) is 0 Å². The van der Waals surface area contributed by atoms with Crippen molar-refractivity contribution in [3.05, 3.63) is 23.9 Å². The number of morpholine rings is 1. The summed E-state index contributed by atoms with van der Waals surface area (Å²) in [5, 5.41) is 0. The highest BCUT2D eigenvalue weighted by molar-refractivity contribution is 5.94.